The molecule has 7 rings (SSSR count). The lowest BCUT2D eigenvalue weighted by atomic mass is 9.32. The SMILES string of the molecule is CC(=O)O[C@H]1C[C@]2(C)[C@H]3CC[C@@H]4[C@H]5[C@H](C(C)=O)CC[C@]5(C(=O)Nc5cccc6ncccc56)CC[C@@]4(C)[C@]3(C)CC[C@H]2C(C)(C)[C@H]1OC(C)=O. The second-order valence-electron chi connectivity index (χ2n) is 18.1. The Morgan fingerprint density at radius 3 is 2.22 bits per heavy atom. The number of pyridine rings is 1. The van der Waals surface area contributed by atoms with Crippen LogP contribution in [0.25, 0.3) is 10.9 Å². The van der Waals surface area contributed by atoms with Gasteiger partial charge in [-0.2, -0.15) is 0 Å². The third-order valence-electron chi connectivity index (χ3n) is 15.8. The summed E-state index contributed by atoms with van der Waals surface area (Å²) in [7, 11) is 0. The monoisotopic (exact) mass is 684 g/mol. The molecule has 270 valence electrons. The van der Waals surface area contributed by atoms with Gasteiger partial charge in [0.05, 0.1) is 16.6 Å². The van der Waals surface area contributed by atoms with Crippen molar-refractivity contribution in [3.05, 3.63) is 36.5 Å². The molecule has 1 amide bonds. The minimum atomic E-state index is -0.598. The van der Waals surface area contributed by atoms with Crippen LogP contribution < -0.4 is 5.32 Å². The van der Waals surface area contributed by atoms with E-state index in [4.69, 9.17) is 9.47 Å². The van der Waals surface area contributed by atoms with Crippen LogP contribution in [-0.4, -0.2) is 40.8 Å². The Labute approximate surface area is 297 Å². The number of ether oxygens (including phenoxy) is 2. The van der Waals surface area contributed by atoms with Gasteiger partial charge in [0.15, 0.2) is 0 Å². The van der Waals surface area contributed by atoms with E-state index in [2.05, 4.69) is 44.9 Å². The molecule has 8 nitrogen and oxygen atoms in total. The van der Waals surface area contributed by atoms with Gasteiger partial charge < -0.3 is 14.8 Å². The number of nitrogens with zero attached hydrogens (tertiary/aromatic N) is 1. The highest BCUT2D eigenvalue weighted by molar-refractivity contribution is 6.03. The predicted octanol–water partition coefficient (Wildman–Crippen LogP) is 8.32. The molecule has 0 saturated heterocycles. The molecule has 0 unspecified atom stereocenters. The van der Waals surface area contributed by atoms with E-state index in [1.807, 2.05) is 30.3 Å². The zero-order valence-electron chi connectivity index (χ0n) is 31.3. The first-order valence-electron chi connectivity index (χ1n) is 19.0. The molecule has 2 aromatic rings. The lowest BCUT2D eigenvalue weighted by molar-refractivity contribution is -0.267. The van der Waals surface area contributed by atoms with Gasteiger partial charge in [0.1, 0.15) is 18.0 Å². The number of Topliss-reactive ketones (excluding diaryl/α,β-unsaturated/α-hetero) is 1. The smallest absolute Gasteiger partial charge is 0.303 e. The van der Waals surface area contributed by atoms with Gasteiger partial charge in [-0.05, 0) is 129 Å². The van der Waals surface area contributed by atoms with E-state index < -0.39 is 17.6 Å². The van der Waals surface area contributed by atoms with E-state index in [0.717, 1.165) is 68.0 Å². The number of carbonyl (C=O) groups excluding carboxylic acids is 4. The molecule has 1 aromatic carbocycles. The second-order valence-corrected chi connectivity index (χ2v) is 18.1. The van der Waals surface area contributed by atoms with Crippen molar-refractivity contribution in [2.24, 2.45) is 56.7 Å². The summed E-state index contributed by atoms with van der Waals surface area (Å²) in [6, 6.07) is 9.77. The van der Waals surface area contributed by atoms with Gasteiger partial charge in [-0.15, -0.1) is 0 Å². The highest BCUT2D eigenvalue weighted by Crippen LogP contribution is 2.77. The summed E-state index contributed by atoms with van der Waals surface area (Å²) < 4.78 is 12.0. The number of fused-ring (bicyclic) bond motifs is 8. The number of rotatable bonds is 5. The van der Waals surface area contributed by atoms with Crippen LogP contribution in [0.4, 0.5) is 5.69 Å². The molecule has 50 heavy (non-hydrogen) atoms. The Balaban J connectivity index is 1.25. The summed E-state index contributed by atoms with van der Waals surface area (Å²) in [5.74, 6) is 0.306. The van der Waals surface area contributed by atoms with Gasteiger partial charge in [-0.1, -0.05) is 40.7 Å². The molecule has 5 saturated carbocycles. The van der Waals surface area contributed by atoms with Crippen molar-refractivity contribution in [1.82, 2.24) is 4.98 Å². The lowest BCUT2D eigenvalue weighted by Gasteiger charge is -2.73. The van der Waals surface area contributed by atoms with E-state index in [1.165, 1.54) is 13.8 Å². The van der Waals surface area contributed by atoms with Crippen molar-refractivity contribution >= 4 is 40.2 Å². The van der Waals surface area contributed by atoms with Crippen LogP contribution in [0.15, 0.2) is 36.5 Å². The molecule has 0 spiro atoms. The standard InChI is InChI=1S/C42H56N2O6/c1-24(45)27-16-19-42(37(48)44-31-13-9-12-30-28(31)11-10-22-43-30)21-20-40(7)29(35(27)42)14-15-34-39(6)23-32(49-25(2)46)36(50-26(3)47)38(4,5)33(39)17-18-41(34,40)8/h9-13,22,27,29,32-36H,14-21,23H2,1-8H3,(H,44,48)/t27-,29+,32-,33-,34+,35+,36-,39-,40+,41+,42-/m0/s1. The second kappa shape index (κ2) is 11.9. The first kappa shape index (κ1) is 35.1. The third-order valence-corrected chi connectivity index (χ3v) is 15.8. The molecule has 1 heterocycles. The summed E-state index contributed by atoms with van der Waals surface area (Å²) in [4.78, 5) is 57.5. The van der Waals surface area contributed by atoms with Crippen LogP contribution in [0, 0.1) is 56.7 Å². The maximum Gasteiger partial charge on any atom is 0.303 e. The highest BCUT2D eigenvalue weighted by Gasteiger charge is 2.73. The fraction of sp³-hybridized carbons (Fsp3) is 0.690. The summed E-state index contributed by atoms with van der Waals surface area (Å²) >= 11 is 0. The number of hydrogen-bond acceptors (Lipinski definition) is 7. The zero-order valence-corrected chi connectivity index (χ0v) is 31.3. The highest BCUT2D eigenvalue weighted by atomic mass is 16.6. The molecule has 1 N–H and O–H groups in total. The summed E-state index contributed by atoms with van der Waals surface area (Å²) in [6.45, 7) is 16.4. The fourth-order valence-corrected chi connectivity index (χ4v) is 13.7. The number of aromatic nitrogens is 1. The predicted molar refractivity (Wildman–Crippen MR) is 192 cm³/mol. The Kier molecular flexibility index (Phi) is 8.34. The maximum atomic E-state index is 14.7. The number of hydrogen-bond donors (Lipinski definition) is 1. The summed E-state index contributed by atoms with van der Waals surface area (Å²) in [5, 5.41) is 4.30. The number of amides is 1. The number of benzene rings is 1. The third kappa shape index (κ3) is 4.92. The van der Waals surface area contributed by atoms with Crippen LogP contribution in [0.1, 0.15) is 113 Å². The molecule has 0 radical (unpaired) electrons. The van der Waals surface area contributed by atoms with Crippen LogP contribution >= 0.6 is 0 Å². The van der Waals surface area contributed by atoms with Gasteiger partial charge in [-0.25, -0.2) is 0 Å². The number of ketones is 1. The number of nitrogens with one attached hydrogen (secondary N) is 1. The van der Waals surface area contributed by atoms with Gasteiger partial charge in [0.2, 0.25) is 5.91 Å². The van der Waals surface area contributed by atoms with E-state index in [1.54, 1.807) is 13.1 Å². The molecule has 0 aliphatic heterocycles. The minimum Gasteiger partial charge on any atom is -0.459 e. The van der Waals surface area contributed by atoms with Crippen molar-refractivity contribution in [3.63, 3.8) is 0 Å². The summed E-state index contributed by atoms with van der Waals surface area (Å²) in [6.07, 6.45) is 8.61. The molecule has 5 aliphatic carbocycles. The Morgan fingerprint density at radius 2 is 1.52 bits per heavy atom. The zero-order chi connectivity index (χ0) is 36.0. The number of carbonyl (C=O) groups is 4. The van der Waals surface area contributed by atoms with Gasteiger partial charge in [-0.3, -0.25) is 24.2 Å². The van der Waals surface area contributed by atoms with Gasteiger partial charge in [0, 0.05) is 36.8 Å². The molecule has 5 fully saturated rings. The van der Waals surface area contributed by atoms with Crippen LogP contribution in [0.5, 0.6) is 0 Å². The van der Waals surface area contributed by atoms with Crippen LogP contribution in [0.3, 0.4) is 0 Å². The average molecular weight is 685 g/mol. The van der Waals surface area contributed by atoms with Crippen molar-refractivity contribution < 1.29 is 28.7 Å². The molecule has 0 bridgehead atoms. The average Bonchev–Trinajstić information content (AvgIpc) is 3.44. The fourth-order valence-electron chi connectivity index (χ4n) is 13.7. The van der Waals surface area contributed by atoms with Crippen molar-refractivity contribution in [3.8, 4) is 0 Å². The van der Waals surface area contributed by atoms with E-state index >= 15 is 0 Å². The van der Waals surface area contributed by atoms with Gasteiger partial charge in [0.25, 0.3) is 0 Å². The maximum absolute atomic E-state index is 14.7. The quantitative estimate of drug-likeness (QED) is 0.315. The number of anilines is 1. The van der Waals surface area contributed by atoms with Crippen molar-refractivity contribution in [1.29, 1.82) is 0 Å². The normalized spacial score (nSPS) is 41.5. The molecule has 8 heteroatoms. The Morgan fingerprint density at radius 1 is 0.780 bits per heavy atom. The Hall–Kier alpha value is -3.29. The van der Waals surface area contributed by atoms with E-state index in [9.17, 15) is 19.2 Å². The molecule has 5 aliphatic rings. The molecule has 1 aromatic heterocycles. The van der Waals surface area contributed by atoms with Crippen molar-refractivity contribution in [2.45, 2.75) is 125 Å². The topological polar surface area (TPSA) is 112 Å². The molecule has 11 atom stereocenters. The minimum absolute atomic E-state index is 0.0138. The lowest BCUT2D eigenvalue weighted by Crippen LogP contribution is -2.69. The van der Waals surface area contributed by atoms with Crippen LogP contribution in [-0.2, 0) is 28.7 Å². The first-order valence-corrected chi connectivity index (χ1v) is 19.0. The van der Waals surface area contributed by atoms with Gasteiger partial charge >= 0.3 is 11.9 Å². The van der Waals surface area contributed by atoms with Crippen LogP contribution in [0.2, 0.25) is 0 Å². The number of esters is 2. The molecular weight excluding hydrogens is 628 g/mol. The van der Waals surface area contributed by atoms with E-state index in [-0.39, 0.29) is 69.0 Å². The molecular formula is C42H56N2O6. The van der Waals surface area contributed by atoms with Crippen molar-refractivity contribution in [2.75, 3.05) is 5.32 Å². The Bertz CT molecular complexity index is 1730. The first-order chi connectivity index (χ1) is 23.5. The summed E-state index contributed by atoms with van der Waals surface area (Å²) in [5.41, 5.74) is 0.378. The largest absolute Gasteiger partial charge is 0.459 e. The van der Waals surface area contributed by atoms with E-state index in [0.29, 0.717) is 12.3 Å².